The van der Waals surface area contributed by atoms with Crippen molar-refractivity contribution in [3.05, 3.63) is 30.3 Å². The molecule has 0 heterocycles. The average molecular weight is 284 g/mol. The number of hydrogen-bond donors (Lipinski definition) is 1. The Morgan fingerprint density at radius 2 is 1.89 bits per heavy atom. The number of hydrogen-bond acceptors (Lipinski definition) is 4. The minimum absolute atomic E-state index is 0.415. The molecule has 2 N–H and O–H groups in total. The minimum Gasteiger partial charge on any atom is -0.330 e. The third-order valence-corrected chi connectivity index (χ3v) is 4.40. The second-order valence-corrected chi connectivity index (χ2v) is 6.81. The molecule has 6 heteroatoms. The summed E-state index contributed by atoms with van der Waals surface area (Å²) in [5, 5.41) is -1.05. The van der Waals surface area contributed by atoms with E-state index in [1.807, 2.05) is 18.2 Å². The van der Waals surface area contributed by atoms with Crippen LogP contribution in [0.2, 0.25) is 0 Å². The maximum absolute atomic E-state index is 12.3. The SMILES string of the molecule is CC(C(=O)N(CCCN)c1ccccc1)S(C)(=O)=O. The van der Waals surface area contributed by atoms with E-state index in [1.165, 1.54) is 11.8 Å². The number of benzene rings is 1. The van der Waals surface area contributed by atoms with E-state index in [2.05, 4.69) is 0 Å². The van der Waals surface area contributed by atoms with E-state index in [-0.39, 0.29) is 0 Å². The van der Waals surface area contributed by atoms with Crippen molar-refractivity contribution in [2.75, 3.05) is 24.2 Å². The van der Waals surface area contributed by atoms with E-state index in [0.29, 0.717) is 25.2 Å². The Kier molecular flexibility index (Phi) is 5.50. The zero-order valence-corrected chi connectivity index (χ0v) is 12.1. The number of para-hydroxylation sites is 1. The highest BCUT2D eigenvalue weighted by Crippen LogP contribution is 2.16. The lowest BCUT2D eigenvalue weighted by Crippen LogP contribution is -2.42. The molecule has 1 unspecified atom stereocenters. The molecule has 0 saturated carbocycles. The molecule has 0 aliphatic heterocycles. The third-order valence-electron chi connectivity index (χ3n) is 2.91. The maximum Gasteiger partial charge on any atom is 0.245 e. The number of sulfone groups is 1. The van der Waals surface area contributed by atoms with E-state index in [0.717, 1.165) is 6.26 Å². The van der Waals surface area contributed by atoms with Gasteiger partial charge in [0.05, 0.1) is 0 Å². The molecule has 1 amide bonds. The number of amides is 1. The van der Waals surface area contributed by atoms with Crippen LogP contribution in [0.5, 0.6) is 0 Å². The van der Waals surface area contributed by atoms with Crippen LogP contribution in [0, 0.1) is 0 Å². The molecule has 1 atom stereocenters. The lowest BCUT2D eigenvalue weighted by Gasteiger charge is -2.25. The first-order valence-corrected chi connectivity index (χ1v) is 8.08. The summed E-state index contributed by atoms with van der Waals surface area (Å²) < 4.78 is 23.0. The van der Waals surface area contributed by atoms with E-state index >= 15 is 0 Å². The van der Waals surface area contributed by atoms with Gasteiger partial charge in [0.1, 0.15) is 5.25 Å². The summed E-state index contributed by atoms with van der Waals surface area (Å²) in [6.45, 7) is 2.28. The van der Waals surface area contributed by atoms with Crippen LogP contribution in [0.25, 0.3) is 0 Å². The summed E-state index contributed by atoms with van der Waals surface area (Å²) in [6, 6.07) is 9.02. The number of nitrogens with two attached hydrogens (primary N) is 1. The van der Waals surface area contributed by atoms with Gasteiger partial charge in [-0.25, -0.2) is 8.42 Å². The molecule has 106 valence electrons. The fraction of sp³-hybridized carbons (Fsp3) is 0.462. The Hall–Kier alpha value is -1.40. The van der Waals surface area contributed by atoms with E-state index in [4.69, 9.17) is 5.73 Å². The van der Waals surface area contributed by atoms with Gasteiger partial charge in [-0.1, -0.05) is 18.2 Å². The Balaban J connectivity index is 3.01. The Labute approximate surface area is 114 Å². The van der Waals surface area contributed by atoms with Gasteiger partial charge in [-0.2, -0.15) is 0 Å². The van der Waals surface area contributed by atoms with Crippen molar-refractivity contribution >= 4 is 21.4 Å². The molecule has 1 aromatic carbocycles. The topological polar surface area (TPSA) is 80.5 Å². The van der Waals surface area contributed by atoms with Crippen LogP contribution in [-0.2, 0) is 14.6 Å². The summed E-state index contributed by atoms with van der Waals surface area (Å²) in [6.07, 6.45) is 1.69. The highest BCUT2D eigenvalue weighted by atomic mass is 32.2. The molecule has 0 aliphatic carbocycles. The van der Waals surface area contributed by atoms with Gasteiger partial charge < -0.3 is 10.6 Å². The van der Waals surface area contributed by atoms with Gasteiger partial charge in [0, 0.05) is 18.5 Å². The van der Waals surface area contributed by atoms with Gasteiger partial charge >= 0.3 is 0 Å². The summed E-state index contributed by atoms with van der Waals surface area (Å²) in [5.41, 5.74) is 6.15. The van der Waals surface area contributed by atoms with Crippen LogP contribution < -0.4 is 10.6 Å². The number of carbonyl (C=O) groups is 1. The zero-order chi connectivity index (χ0) is 14.5. The van der Waals surface area contributed by atoms with Crippen LogP contribution in [0.15, 0.2) is 30.3 Å². The molecular weight excluding hydrogens is 264 g/mol. The molecule has 5 nitrogen and oxygen atoms in total. The first kappa shape index (κ1) is 15.7. The minimum atomic E-state index is -3.40. The third kappa shape index (κ3) is 4.33. The number of carbonyl (C=O) groups excluding carboxylic acids is 1. The molecule has 0 spiro atoms. The van der Waals surface area contributed by atoms with Gasteiger partial charge in [0.15, 0.2) is 9.84 Å². The molecule has 1 aromatic rings. The summed E-state index contributed by atoms with van der Waals surface area (Å²) in [4.78, 5) is 13.8. The molecular formula is C13H20N2O3S. The average Bonchev–Trinajstić information content (AvgIpc) is 2.38. The highest BCUT2D eigenvalue weighted by molar-refractivity contribution is 7.92. The van der Waals surface area contributed by atoms with Crippen LogP contribution >= 0.6 is 0 Å². The second-order valence-electron chi connectivity index (χ2n) is 4.44. The molecule has 0 aliphatic rings. The molecule has 0 aromatic heterocycles. The van der Waals surface area contributed by atoms with Crippen molar-refractivity contribution in [1.29, 1.82) is 0 Å². The highest BCUT2D eigenvalue weighted by Gasteiger charge is 2.28. The quantitative estimate of drug-likeness (QED) is 0.838. The van der Waals surface area contributed by atoms with Crippen LogP contribution in [0.1, 0.15) is 13.3 Å². The largest absolute Gasteiger partial charge is 0.330 e. The summed E-state index contributed by atoms with van der Waals surface area (Å²) in [5.74, 6) is -0.415. The molecule has 0 fully saturated rings. The predicted octanol–water partition coefficient (Wildman–Crippen LogP) is 0.801. The normalized spacial score (nSPS) is 13.0. The van der Waals surface area contributed by atoms with Crippen LogP contribution in [-0.4, -0.2) is 38.9 Å². The lowest BCUT2D eigenvalue weighted by molar-refractivity contribution is -0.118. The van der Waals surface area contributed by atoms with Crippen molar-refractivity contribution < 1.29 is 13.2 Å². The van der Waals surface area contributed by atoms with Gasteiger partial charge in [-0.3, -0.25) is 4.79 Å². The van der Waals surface area contributed by atoms with Crippen LogP contribution in [0.3, 0.4) is 0 Å². The van der Waals surface area contributed by atoms with Crippen molar-refractivity contribution in [3.8, 4) is 0 Å². The van der Waals surface area contributed by atoms with E-state index < -0.39 is 21.0 Å². The second kappa shape index (κ2) is 6.68. The van der Waals surface area contributed by atoms with Crippen molar-refractivity contribution in [2.45, 2.75) is 18.6 Å². The van der Waals surface area contributed by atoms with Gasteiger partial charge in [0.2, 0.25) is 5.91 Å². The van der Waals surface area contributed by atoms with Gasteiger partial charge in [-0.15, -0.1) is 0 Å². The molecule has 1 rings (SSSR count). The number of nitrogens with zero attached hydrogens (tertiary/aromatic N) is 1. The first-order chi connectivity index (χ1) is 8.88. The van der Waals surface area contributed by atoms with E-state index in [9.17, 15) is 13.2 Å². The Morgan fingerprint density at radius 1 is 1.32 bits per heavy atom. The fourth-order valence-corrected chi connectivity index (χ4v) is 2.12. The van der Waals surface area contributed by atoms with Crippen molar-refractivity contribution in [2.24, 2.45) is 5.73 Å². The van der Waals surface area contributed by atoms with Crippen molar-refractivity contribution in [3.63, 3.8) is 0 Å². The first-order valence-electron chi connectivity index (χ1n) is 6.13. The smallest absolute Gasteiger partial charge is 0.245 e. The molecule has 0 radical (unpaired) electrons. The lowest BCUT2D eigenvalue weighted by atomic mass is 10.2. The van der Waals surface area contributed by atoms with Crippen LogP contribution in [0.4, 0.5) is 5.69 Å². The zero-order valence-electron chi connectivity index (χ0n) is 11.2. The monoisotopic (exact) mass is 284 g/mol. The number of rotatable bonds is 6. The summed E-state index contributed by atoms with van der Waals surface area (Å²) >= 11 is 0. The Morgan fingerprint density at radius 3 is 2.37 bits per heavy atom. The molecule has 0 bridgehead atoms. The standard InChI is InChI=1S/C13H20N2O3S/c1-11(19(2,17)18)13(16)15(10-6-9-14)12-7-4-3-5-8-12/h3-5,7-8,11H,6,9-10,14H2,1-2H3. The van der Waals surface area contributed by atoms with E-state index in [1.54, 1.807) is 12.1 Å². The fourth-order valence-electron chi connectivity index (χ4n) is 1.63. The summed E-state index contributed by atoms with van der Waals surface area (Å²) in [7, 11) is -3.40. The molecule has 0 saturated heterocycles. The molecule has 19 heavy (non-hydrogen) atoms. The number of anilines is 1. The predicted molar refractivity (Wildman–Crippen MR) is 76.8 cm³/mol. The van der Waals surface area contributed by atoms with Crippen molar-refractivity contribution in [1.82, 2.24) is 0 Å². The van der Waals surface area contributed by atoms with Gasteiger partial charge in [-0.05, 0) is 32.0 Å². The Bertz CT molecular complexity index is 514. The van der Waals surface area contributed by atoms with Gasteiger partial charge in [0.25, 0.3) is 0 Å². The maximum atomic E-state index is 12.3.